The van der Waals surface area contributed by atoms with Crippen LogP contribution in [0.4, 0.5) is 4.79 Å². The van der Waals surface area contributed by atoms with E-state index in [0.29, 0.717) is 17.9 Å². The molecular formula is C17H22N2O4. The number of aryl methyl sites for hydroxylation is 2. The van der Waals surface area contributed by atoms with Gasteiger partial charge >= 0.3 is 12.0 Å². The monoisotopic (exact) mass is 318 g/mol. The fourth-order valence-electron chi connectivity index (χ4n) is 2.64. The van der Waals surface area contributed by atoms with E-state index in [1.54, 1.807) is 14.0 Å². The van der Waals surface area contributed by atoms with Gasteiger partial charge in [0.05, 0.1) is 18.2 Å². The van der Waals surface area contributed by atoms with Gasteiger partial charge in [0, 0.05) is 12.8 Å². The number of hydrogen-bond acceptors (Lipinski definition) is 4. The molecule has 0 bridgehead atoms. The molecule has 1 aliphatic rings. The molecule has 2 amide bonds. The minimum Gasteiger partial charge on any atom is -0.460 e. The molecule has 0 saturated heterocycles. The second-order valence-corrected chi connectivity index (χ2v) is 5.56. The number of carbonyl (C=O) groups is 2. The van der Waals surface area contributed by atoms with Crippen LogP contribution in [0.1, 0.15) is 29.7 Å². The van der Waals surface area contributed by atoms with E-state index in [4.69, 9.17) is 9.47 Å². The fraction of sp³-hybridized carbons (Fsp3) is 0.412. The molecule has 1 unspecified atom stereocenters. The smallest absolute Gasteiger partial charge is 0.338 e. The van der Waals surface area contributed by atoms with Crippen LogP contribution in [0.15, 0.2) is 29.5 Å². The quantitative estimate of drug-likeness (QED) is 0.644. The van der Waals surface area contributed by atoms with E-state index in [2.05, 4.69) is 10.6 Å². The molecule has 0 saturated carbocycles. The highest BCUT2D eigenvalue weighted by atomic mass is 16.6. The zero-order valence-electron chi connectivity index (χ0n) is 13.9. The highest BCUT2D eigenvalue weighted by Gasteiger charge is 2.32. The Balaban J connectivity index is 2.36. The summed E-state index contributed by atoms with van der Waals surface area (Å²) >= 11 is 0. The van der Waals surface area contributed by atoms with Crippen LogP contribution in [0.3, 0.4) is 0 Å². The number of nitrogens with one attached hydrogen (secondary N) is 2. The predicted octanol–water partition coefficient (Wildman–Crippen LogP) is 2.12. The minimum absolute atomic E-state index is 0.166. The van der Waals surface area contributed by atoms with Crippen molar-refractivity contribution in [2.75, 3.05) is 20.3 Å². The number of esters is 1. The van der Waals surface area contributed by atoms with Crippen LogP contribution in [-0.4, -0.2) is 32.3 Å². The van der Waals surface area contributed by atoms with Crippen molar-refractivity contribution < 1.29 is 19.1 Å². The summed E-state index contributed by atoms with van der Waals surface area (Å²) in [5.74, 6) is -0.461. The number of benzene rings is 1. The zero-order valence-corrected chi connectivity index (χ0v) is 13.9. The van der Waals surface area contributed by atoms with E-state index < -0.39 is 12.0 Å². The lowest BCUT2D eigenvalue weighted by Gasteiger charge is -2.29. The Kier molecular flexibility index (Phi) is 5.39. The molecule has 1 aliphatic heterocycles. The Morgan fingerprint density at radius 1 is 1.22 bits per heavy atom. The zero-order chi connectivity index (χ0) is 17.0. The minimum atomic E-state index is -0.528. The van der Waals surface area contributed by atoms with Gasteiger partial charge in [-0.05, 0) is 31.9 Å². The number of urea groups is 1. The molecule has 0 spiro atoms. The second-order valence-electron chi connectivity index (χ2n) is 5.56. The third-order valence-electron chi connectivity index (χ3n) is 3.75. The predicted molar refractivity (Wildman–Crippen MR) is 85.9 cm³/mol. The van der Waals surface area contributed by atoms with Gasteiger partial charge in [0.15, 0.2) is 0 Å². The van der Waals surface area contributed by atoms with Crippen molar-refractivity contribution in [2.45, 2.75) is 26.8 Å². The molecular weight excluding hydrogens is 296 g/mol. The summed E-state index contributed by atoms with van der Waals surface area (Å²) in [4.78, 5) is 24.3. The molecule has 0 fully saturated rings. The van der Waals surface area contributed by atoms with Crippen LogP contribution >= 0.6 is 0 Å². The fourth-order valence-corrected chi connectivity index (χ4v) is 2.64. The van der Waals surface area contributed by atoms with E-state index in [0.717, 1.165) is 16.7 Å². The van der Waals surface area contributed by atoms with Crippen molar-refractivity contribution in [1.82, 2.24) is 10.6 Å². The van der Waals surface area contributed by atoms with Crippen LogP contribution in [-0.2, 0) is 14.3 Å². The number of ether oxygens (including phenoxy) is 2. The van der Waals surface area contributed by atoms with E-state index in [1.165, 1.54) is 0 Å². The van der Waals surface area contributed by atoms with Gasteiger partial charge in [0.25, 0.3) is 0 Å². The number of amides is 2. The van der Waals surface area contributed by atoms with Crippen LogP contribution < -0.4 is 10.6 Å². The molecule has 0 aromatic heterocycles. The molecule has 1 heterocycles. The summed E-state index contributed by atoms with van der Waals surface area (Å²) in [6.45, 7) is 6.15. The highest BCUT2D eigenvalue weighted by molar-refractivity contribution is 5.95. The first-order chi connectivity index (χ1) is 10.9. The normalized spacial score (nSPS) is 17.6. The first-order valence-electron chi connectivity index (χ1n) is 7.45. The summed E-state index contributed by atoms with van der Waals surface area (Å²) in [7, 11) is 1.54. The SMILES string of the molecule is COCCOC(=O)C1=C(C)NC(=O)NC1c1ccc(C)cc1C. The van der Waals surface area contributed by atoms with Gasteiger partial charge in [-0.2, -0.15) is 0 Å². The van der Waals surface area contributed by atoms with Gasteiger partial charge in [-0.15, -0.1) is 0 Å². The van der Waals surface area contributed by atoms with Crippen LogP contribution in [0.25, 0.3) is 0 Å². The lowest BCUT2D eigenvalue weighted by molar-refractivity contribution is -0.140. The number of hydrogen-bond donors (Lipinski definition) is 2. The maximum atomic E-state index is 12.4. The molecule has 0 radical (unpaired) electrons. The molecule has 6 heteroatoms. The summed E-state index contributed by atoms with van der Waals surface area (Å²) in [5.41, 5.74) is 3.92. The van der Waals surface area contributed by atoms with E-state index in [-0.39, 0.29) is 12.6 Å². The van der Waals surface area contributed by atoms with Gasteiger partial charge in [-0.25, -0.2) is 9.59 Å². The topological polar surface area (TPSA) is 76.7 Å². The lowest BCUT2D eigenvalue weighted by Crippen LogP contribution is -2.45. The number of methoxy groups -OCH3 is 1. The van der Waals surface area contributed by atoms with Crippen molar-refractivity contribution in [1.29, 1.82) is 0 Å². The molecule has 0 aliphatic carbocycles. The summed E-state index contributed by atoms with van der Waals surface area (Å²) < 4.78 is 10.1. The maximum absolute atomic E-state index is 12.4. The number of rotatable bonds is 5. The third-order valence-corrected chi connectivity index (χ3v) is 3.75. The first kappa shape index (κ1) is 17.0. The Labute approximate surface area is 135 Å². The van der Waals surface area contributed by atoms with E-state index >= 15 is 0 Å². The Bertz CT molecular complexity index is 652. The van der Waals surface area contributed by atoms with Gasteiger partial charge in [-0.3, -0.25) is 0 Å². The van der Waals surface area contributed by atoms with Gasteiger partial charge in [-0.1, -0.05) is 23.8 Å². The second kappa shape index (κ2) is 7.28. The molecule has 1 aromatic carbocycles. The van der Waals surface area contributed by atoms with Crippen LogP contribution in [0, 0.1) is 13.8 Å². The number of carbonyl (C=O) groups excluding carboxylic acids is 2. The highest BCUT2D eigenvalue weighted by Crippen LogP contribution is 2.30. The molecule has 2 N–H and O–H groups in total. The lowest BCUT2D eigenvalue weighted by atomic mass is 9.91. The average molecular weight is 318 g/mol. The largest absolute Gasteiger partial charge is 0.460 e. The third kappa shape index (κ3) is 3.90. The molecule has 124 valence electrons. The van der Waals surface area contributed by atoms with Crippen molar-refractivity contribution >= 4 is 12.0 Å². The van der Waals surface area contributed by atoms with Gasteiger partial charge in [0.1, 0.15) is 6.61 Å². The van der Waals surface area contributed by atoms with Crippen molar-refractivity contribution in [3.63, 3.8) is 0 Å². The molecule has 23 heavy (non-hydrogen) atoms. The first-order valence-corrected chi connectivity index (χ1v) is 7.45. The summed E-state index contributed by atoms with van der Waals surface area (Å²) in [5, 5.41) is 5.43. The van der Waals surface area contributed by atoms with Crippen molar-refractivity contribution in [2.24, 2.45) is 0 Å². The molecule has 2 rings (SSSR count). The molecule has 1 atom stereocenters. The van der Waals surface area contributed by atoms with Crippen LogP contribution in [0.2, 0.25) is 0 Å². The van der Waals surface area contributed by atoms with Crippen molar-refractivity contribution in [3.8, 4) is 0 Å². The standard InChI is InChI=1S/C17H22N2O4/c1-10-5-6-13(11(2)9-10)15-14(12(3)18-17(21)19-15)16(20)23-8-7-22-4/h5-6,9,15H,7-8H2,1-4H3,(H2,18,19,21). The maximum Gasteiger partial charge on any atom is 0.338 e. The average Bonchev–Trinajstić information content (AvgIpc) is 2.46. The van der Waals surface area contributed by atoms with Gasteiger partial charge < -0.3 is 20.1 Å². The molecule has 6 nitrogen and oxygen atoms in total. The van der Waals surface area contributed by atoms with Crippen LogP contribution in [0.5, 0.6) is 0 Å². The Morgan fingerprint density at radius 2 is 1.96 bits per heavy atom. The Morgan fingerprint density at radius 3 is 2.61 bits per heavy atom. The Hall–Kier alpha value is -2.34. The summed E-state index contributed by atoms with van der Waals surface area (Å²) in [6, 6.07) is 5.05. The number of allylic oxidation sites excluding steroid dienone is 1. The van der Waals surface area contributed by atoms with Gasteiger partial charge in [0.2, 0.25) is 0 Å². The van der Waals surface area contributed by atoms with Crippen molar-refractivity contribution in [3.05, 3.63) is 46.2 Å². The van der Waals surface area contributed by atoms with E-state index in [1.807, 2.05) is 32.0 Å². The van der Waals surface area contributed by atoms with E-state index in [9.17, 15) is 9.59 Å². The summed E-state index contributed by atoms with van der Waals surface area (Å²) in [6.07, 6.45) is 0. The molecule has 1 aromatic rings.